The van der Waals surface area contributed by atoms with E-state index < -0.39 is 24.3 Å². The van der Waals surface area contributed by atoms with Crippen LogP contribution in [-0.4, -0.2) is 60.4 Å². The van der Waals surface area contributed by atoms with Crippen LogP contribution in [0.5, 0.6) is 0 Å². The minimum atomic E-state index is -0.812. The fraction of sp³-hybridized carbons (Fsp3) is 0.364. The van der Waals surface area contributed by atoms with Crippen molar-refractivity contribution in [1.82, 2.24) is 15.5 Å². The lowest BCUT2D eigenvalue weighted by molar-refractivity contribution is -0.253. The van der Waals surface area contributed by atoms with Gasteiger partial charge in [0.2, 0.25) is 0 Å². The van der Waals surface area contributed by atoms with Crippen molar-refractivity contribution in [2.24, 2.45) is 0 Å². The molecule has 1 saturated carbocycles. The van der Waals surface area contributed by atoms with Crippen LogP contribution < -0.4 is 10.6 Å². The van der Waals surface area contributed by atoms with E-state index in [9.17, 15) is 14.7 Å². The normalized spacial score (nSPS) is 19.4. The molecule has 0 unspecified atom stereocenters. The highest BCUT2D eigenvalue weighted by Crippen LogP contribution is 2.39. The number of rotatable bonds is 15. The van der Waals surface area contributed by atoms with E-state index in [-0.39, 0.29) is 25.4 Å². The van der Waals surface area contributed by atoms with Crippen LogP contribution in [0.15, 0.2) is 116 Å². The molecule has 2 amide bonds. The van der Waals surface area contributed by atoms with Gasteiger partial charge in [-0.1, -0.05) is 110 Å². The first-order valence-corrected chi connectivity index (χ1v) is 18.6. The van der Waals surface area contributed by atoms with Gasteiger partial charge in [-0.15, -0.1) is 6.58 Å². The van der Waals surface area contributed by atoms with Gasteiger partial charge in [0.05, 0.1) is 25.9 Å². The molecule has 4 aromatic carbocycles. The van der Waals surface area contributed by atoms with Gasteiger partial charge in [0.25, 0.3) is 0 Å². The zero-order chi connectivity index (χ0) is 37.0. The third-order valence-electron chi connectivity index (χ3n) is 10.2. The first kappa shape index (κ1) is 37.9. The van der Waals surface area contributed by atoms with Crippen molar-refractivity contribution in [1.29, 1.82) is 0 Å². The fourth-order valence-electron chi connectivity index (χ4n) is 7.41. The highest BCUT2D eigenvalue weighted by Gasteiger charge is 2.35. The van der Waals surface area contributed by atoms with Crippen LogP contribution in [0.1, 0.15) is 72.3 Å². The number of aliphatic hydroxyl groups is 1. The van der Waals surface area contributed by atoms with Crippen molar-refractivity contribution < 1.29 is 28.9 Å². The summed E-state index contributed by atoms with van der Waals surface area (Å²) in [6, 6.07) is 33.0. The molecule has 1 heterocycles. The Labute approximate surface area is 313 Å². The molecule has 4 atom stereocenters. The molecule has 53 heavy (non-hydrogen) atoms. The number of esters is 1. The first-order valence-electron chi connectivity index (χ1n) is 18.6. The predicted octanol–water partition coefficient (Wildman–Crippen LogP) is 7.41. The molecule has 2 fully saturated rings. The van der Waals surface area contributed by atoms with Crippen LogP contribution in [0.4, 0.5) is 4.79 Å². The van der Waals surface area contributed by atoms with Crippen molar-refractivity contribution in [2.45, 2.75) is 82.3 Å². The van der Waals surface area contributed by atoms with Crippen LogP contribution in [0.2, 0.25) is 0 Å². The Hall–Kier alpha value is -4.80. The summed E-state index contributed by atoms with van der Waals surface area (Å²) in [6.45, 7) is 5.94. The molecule has 0 bridgehead atoms. The lowest BCUT2D eigenvalue weighted by Crippen LogP contribution is -2.47. The topological polar surface area (TPSA) is 109 Å². The Morgan fingerprint density at radius 2 is 1.60 bits per heavy atom. The third-order valence-corrected chi connectivity index (χ3v) is 10.2. The highest BCUT2D eigenvalue weighted by atomic mass is 16.7. The van der Waals surface area contributed by atoms with Crippen molar-refractivity contribution in [2.75, 3.05) is 20.2 Å². The van der Waals surface area contributed by atoms with Gasteiger partial charge in [-0.25, -0.2) is 9.59 Å². The van der Waals surface area contributed by atoms with Crippen LogP contribution in [0.25, 0.3) is 11.1 Å². The number of aliphatic hydroxyl groups excluding tert-OH is 1. The second-order valence-electron chi connectivity index (χ2n) is 13.9. The summed E-state index contributed by atoms with van der Waals surface area (Å²) in [7, 11) is 1.32. The number of methoxy groups -OCH3 is 1. The molecule has 9 heteroatoms. The molecule has 0 aromatic heterocycles. The van der Waals surface area contributed by atoms with Gasteiger partial charge < -0.3 is 30.0 Å². The number of nitrogens with zero attached hydrogens (tertiary/aromatic N) is 1. The summed E-state index contributed by atoms with van der Waals surface area (Å²) in [6.07, 6.45) is 7.18. The standard InChI is InChI=1S/C44H51N3O6/c1-3-23-47(38-17-7-8-18-38)29-39-27-41(34-21-19-32(30-48)20-22-34)53-43(52-39)37-16-10-15-36(26-37)35-14-9-13-33(24-35)28-45-44(50)46-40(42(49)51-2)25-31-11-5-4-6-12-31/h3-6,9-16,19-22,24,26,38-41,43,48H,1,7-8,17-18,23,25,27-30H2,2H3,(H2,45,46,50)/t39-,40+,41+,43+/m1/s1. The van der Waals surface area contributed by atoms with Gasteiger partial charge in [0, 0.05) is 44.1 Å². The lowest BCUT2D eigenvalue weighted by Gasteiger charge is -2.39. The predicted molar refractivity (Wildman–Crippen MR) is 206 cm³/mol. The molecular weight excluding hydrogens is 666 g/mol. The average Bonchev–Trinajstić information content (AvgIpc) is 3.75. The number of hydrogen-bond acceptors (Lipinski definition) is 7. The van der Waals surface area contributed by atoms with E-state index in [4.69, 9.17) is 14.2 Å². The number of carbonyl (C=O) groups is 2. The molecule has 9 nitrogen and oxygen atoms in total. The maximum atomic E-state index is 12.9. The average molecular weight is 718 g/mol. The van der Waals surface area contributed by atoms with Gasteiger partial charge in [-0.05, 0) is 58.4 Å². The number of carbonyl (C=O) groups excluding carboxylic acids is 2. The number of urea groups is 1. The molecule has 278 valence electrons. The lowest BCUT2D eigenvalue weighted by atomic mass is 9.98. The van der Waals surface area contributed by atoms with Crippen molar-refractivity contribution in [3.8, 4) is 11.1 Å². The molecule has 1 saturated heterocycles. The van der Waals surface area contributed by atoms with Crippen LogP contribution in [0.3, 0.4) is 0 Å². The summed E-state index contributed by atoms with van der Waals surface area (Å²) in [4.78, 5) is 27.9. The van der Waals surface area contributed by atoms with Crippen LogP contribution >= 0.6 is 0 Å². The number of benzene rings is 4. The van der Waals surface area contributed by atoms with E-state index in [2.05, 4.69) is 34.2 Å². The van der Waals surface area contributed by atoms with E-state index in [1.54, 1.807) is 0 Å². The minimum absolute atomic E-state index is 0.0000643. The van der Waals surface area contributed by atoms with Crippen molar-refractivity contribution >= 4 is 12.0 Å². The molecule has 1 aliphatic carbocycles. The molecule has 4 aromatic rings. The van der Waals surface area contributed by atoms with E-state index in [1.807, 2.05) is 97.1 Å². The number of hydrogen-bond donors (Lipinski definition) is 3. The Bertz CT molecular complexity index is 1790. The fourth-order valence-corrected chi connectivity index (χ4v) is 7.41. The van der Waals surface area contributed by atoms with E-state index in [0.717, 1.165) is 58.5 Å². The van der Waals surface area contributed by atoms with Gasteiger partial charge in [-0.2, -0.15) is 0 Å². The first-order chi connectivity index (χ1) is 25.9. The monoisotopic (exact) mass is 717 g/mol. The second-order valence-corrected chi connectivity index (χ2v) is 13.9. The molecule has 3 N–H and O–H groups in total. The summed E-state index contributed by atoms with van der Waals surface area (Å²) < 4.78 is 18.4. The summed E-state index contributed by atoms with van der Waals surface area (Å²) in [5.74, 6) is -0.503. The molecule has 6 rings (SSSR count). The van der Waals surface area contributed by atoms with Gasteiger partial charge in [-0.3, -0.25) is 4.90 Å². The zero-order valence-electron chi connectivity index (χ0n) is 30.5. The van der Waals surface area contributed by atoms with Gasteiger partial charge in [0.15, 0.2) is 6.29 Å². The van der Waals surface area contributed by atoms with Crippen molar-refractivity contribution in [3.63, 3.8) is 0 Å². The maximum Gasteiger partial charge on any atom is 0.328 e. The summed E-state index contributed by atoms with van der Waals surface area (Å²) in [5.41, 5.74) is 6.68. The van der Waals surface area contributed by atoms with Crippen molar-refractivity contribution in [3.05, 3.63) is 144 Å². The number of nitrogens with one attached hydrogen (secondary N) is 2. The molecule has 0 radical (unpaired) electrons. The Balaban J connectivity index is 1.15. The maximum absolute atomic E-state index is 12.9. The Kier molecular flexibility index (Phi) is 13.5. The van der Waals surface area contributed by atoms with E-state index in [0.29, 0.717) is 12.5 Å². The van der Waals surface area contributed by atoms with Crippen LogP contribution in [-0.2, 0) is 38.6 Å². The molecule has 2 aliphatic rings. The smallest absolute Gasteiger partial charge is 0.328 e. The van der Waals surface area contributed by atoms with E-state index in [1.165, 1.54) is 32.8 Å². The minimum Gasteiger partial charge on any atom is -0.467 e. The quantitative estimate of drug-likeness (QED) is 0.0869. The largest absolute Gasteiger partial charge is 0.467 e. The molecule has 0 spiro atoms. The Morgan fingerprint density at radius 3 is 2.32 bits per heavy atom. The van der Waals surface area contributed by atoms with E-state index >= 15 is 0 Å². The molecular formula is C44H51N3O6. The number of ether oxygens (including phenoxy) is 3. The zero-order valence-corrected chi connectivity index (χ0v) is 30.5. The Morgan fingerprint density at radius 1 is 0.887 bits per heavy atom. The summed E-state index contributed by atoms with van der Waals surface area (Å²) >= 11 is 0. The third kappa shape index (κ3) is 10.4. The SMILES string of the molecule is C=CCN(C[C@H]1C[C@@H](c2ccc(CO)cc2)O[C@@H](c2cccc(-c3cccc(CNC(=O)N[C@@H](Cc4ccccc4)C(=O)OC)c3)c2)O1)C1CCCC1. The molecule has 1 aliphatic heterocycles. The van der Waals surface area contributed by atoms with Gasteiger partial charge in [0.1, 0.15) is 6.04 Å². The van der Waals surface area contributed by atoms with Crippen LogP contribution in [0, 0.1) is 0 Å². The van der Waals surface area contributed by atoms with Gasteiger partial charge >= 0.3 is 12.0 Å². The number of amides is 2. The highest BCUT2D eigenvalue weighted by molar-refractivity contribution is 5.83. The second kappa shape index (κ2) is 18.8. The summed E-state index contributed by atoms with van der Waals surface area (Å²) in [5, 5.41) is 15.3.